The van der Waals surface area contributed by atoms with Gasteiger partial charge in [-0.3, -0.25) is 0 Å². The first kappa shape index (κ1) is 16.8. The van der Waals surface area contributed by atoms with Gasteiger partial charge in [-0.25, -0.2) is 0 Å². The standard InChI is InChI=1S/C17H28O4/c1-17(20-14-15-21-17)11-7-4-2-3-5-8-12-18-16-10-6-9-13-19-16/h16H,4-15H2,1H3/t16-/m1/s1. The third-order valence-electron chi connectivity index (χ3n) is 3.84. The highest BCUT2D eigenvalue weighted by Crippen LogP contribution is 2.24. The molecule has 0 saturated carbocycles. The van der Waals surface area contributed by atoms with Crippen LogP contribution < -0.4 is 0 Å². The van der Waals surface area contributed by atoms with Crippen molar-refractivity contribution in [1.29, 1.82) is 0 Å². The molecule has 21 heavy (non-hydrogen) atoms. The molecule has 0 N–H and O–H groups in total. The second-order valence-corrected chi connectivity index (χ2v) is 5.81. The predicted octanol–water partition coefficient (Wildman–Crippen LogP) is 3.25. The number of hydrogen-bond donors (Lipinski definition) is 0. The van der Waals surface area contributed by atoms with Gasteiger partial charge in [-0.05, 0) is 39.0 Å². The van der Waals surface area contributed by atoms with Crippen LogP contribution in [-0.4, -0.2) is 38.5 Å². The van der Waals surface area contributed by atoms with E-state index in [1.807, 2.05) is 6.92 Å². The van der Waals surface area contributed by atoms with Crippen LogP contribution in [0.4, 0.5) is 0 Å². The van der Waals surface area contributed by atoms with E-state index in [1.54, 1.807) is 0 Å². The Kier molecular flexibility index (Phi) is 7.52. The Morgan fingerprint density at radius 2 is 1.81 bits per heavy atom. The Morgan fingerprint density at radius 3 is 2.52 bits per heavy atom. The van der Waals surface area contributed by atoms with Gasteiger partial charge >= 0.3 is 0 Å². The van der Waals surface area contributed by atoms with E-state index in [4.69, 9.17) is 18.9 Å². The fraction of sp³-hybridized carbons (Fsp3) is 0.882. The minimum Gasteiger partial charge on any atom is -0.353 e. The minimum absolute atomic E-state index is 0.0267. The normalized spacial score (nSPS) is 24.5. The Labute approximate surface area is 128 Å². The summed E-state index contributed by atoms with van der Waals surface area (Å²) in [6, 6.07) is 0. The summed E-state index contributed by atoms with van der Waals surface area (Å²) in [4.78, 5) is 0. The van der Waals surface area contributed by atoms with Gasteiger partial charge in [0.25, 0.3) is 0 Å². The topological polar surface area (TPSA) is 36.9 Å². The van der Waals surface area contributed by atoms with E-state index >= 15 is 0 Å². The van der Waals surface area contributed by atoms with Crippen molar-refractivity contribution < 1.29 is 18.9 Å². The number of ether oxygens (including phenoxy) is 4. The van der Waals surface area contributed by atoms with Crippen LogP contribution in [0, 0.1) is 11.8 Å². The van der Waals surface area contributed by atoms with Crippen LogP contribution in [0.25, 0.3) is 0 Å². The van der Waals surface area contributed by atoms with Crippen LogP contribution in [0.1, 0.15) is 58.3 Å². The fourth-order valence-electron chi connectivity index (χ4n) is 2.59. The number of unbranched alkanes of at least 4 members (excludes halogenated alkanes) is 2. The highest BCUT2D eigenvalue weighted by molar-refractivity contribution is 4.98. The molecule has 0 bridgehead atoms. The van der Waals surface area contributed by atoms with E-state index in [9.17, 15) is 0 Å². The molecule has 0 aromatic carbocycles. The maximum absolute atomic E-state index is 5.67. The van der Waals surface area contributed by atoms with Crippen molar-refractivity contribution in [2.45, 2.75) is 70.4 Å². The lowest BCUT2D eigenvalue weighted by molar-refractivity contribution is -0.162. The summed E-state index contributed by atoms with van der Waals surface area (Å²) in [7, 11) is 0. The van der Waals surface area contributed by atoms with Crippen molar-refractivity contribution in [3.8, 4) is 11.8 Å². The summed E-state index contributed by atoms with van der Waals surface area (Å²) < 4.78 is 22.3. The van der Waals surface area contributed by atoms with Gasteiger partial charge in [-0.2, -0.15) is 0 Å². The average molecular weight is 296 g/mol. The number of rotatable bonds is 7. The van der Waals surface area contributed by atoms with E-state index in [2.05, 4.69) is 11.8 Å². The van der Waals surface area contributed by atoms with Crippen molar-refractivity contribution in [3.63, 3.8) is 0 Å². The van der Waals surface area contributed by atoms with Crippen LogP contribution in [0.2, 0.25) is 0 Å². The first-order chi connectivity index (χ1) is 10.3. The molecule has 2 fully saturated rings. The van der Waals surface area contributed by atoms with Gasteiger partial charge in [0.1, 0.15) is 0 Å². The third-order valence-corrected chi connectivity index (χ3v) is 3.84. The van der Waals surface area contributed by atoms with Gasteiger partial charge in [0.15, 0.2) is 12.1 Å². The van der Waals surface area contributed by atoms with E-state index < -0.39 is 0 Å². The second-order valence-electron chi connectivity index (χ2n) is 5.81. The molecule has 0 spiro atoms. The Hall–Kier alpha value is -0.600. The van der Waals surface area contributed by atoms with E-state index in [0.29, 0.717) is 13.2 Å². The zero-order valence-corrected chi connectivity index (χ0v) is 13.2. The van der Waals surface area contributed by atoms with Crippen molar-refractivity contribution >= 4 is 0 Å². The Bertz CT molecular complexity index is 332. The van der Waals surface area contributed by atoms with Crippen molar-refractivity contribution in [3.05, 3.63) is 0 Å². The summed E-state index contributed by atoms with van der Waals surface area (Å²) in [6.07, 6.45) is 8.19. The summed E-state index contributed by atoms with van der Waals surface area (Å²) >= 11 is 0. The monoisotopic (exact) mass is 296 g/mol. The second kappa shape index (κ2) is 9.42. The lowest BCUT2D eigenvalue weighted by atomic mass is 10.1. The summed E-state index contributed by atoms with van der Waals surface area (Å²) in [6.45, 7) is 5.04. The lowest BCUT2D eigenvalue weighted by Crippen LogP contribution is -2.24. The van der Waals surface area contributed by atoms with Crippen LogP contribution in [0.15, 0.2) is 0 Å². The highest BCUT2D eigenvalue weighted by atomic mass is 16.7. The van der Waals surface area contributed by atoms with E-state index in [1.165, 1.54) is 12.8 Å². The van der Waals surface area contributed by atoms with E-state index in [0.717, 1.165) is 51.7 Å². The predicted molar refractivity (Wildman–Crippen MR) is 80.7 cm³/mol. The molecule has 0 radical (unpaired) electrons. The molecule has 2 aliphatic rings. The van der Waals surface area contributed by atoms with Crippen LogP contribution in [0.3, 0.4) is 0 Å². The van der Waals surface area contributed by atoms with Gasteiger partial charge in [0.2, 0.25) is 0 Å². The molecule has 0 aliphatic carbocycles. The average Bonchev–Trinajstić information content (AvgIpc) is 2.93. The fourth-order valence-corrected chi connectivity index (χ4v) is 2.59. The largest absolute Gasteiger partial charge is 0.353 e. The SMILES string of the molecule is CC1(CCCC#CCCCO[C@H]2CCCCO2)OCCO1. The van der Waals surface area contributed by atoms with Crippen molar-refractivity contribution in [2.24, 2.45) is 0 Å². The van der Waals surface area contributed by atoms with Crippen LogP contribution in [0.5, 0.6) is 0 Å². The molecular weight excluding hydrogens is 268 g/mol. The van der Waals surface area contributed by atoms with Gasteiger partial charge in [-0.15, -0.1) is 11.8 Å². The summed E-state index contributed by atoms with van der Waals surface area (Å²) in [5.74, 6) is 6.06. The van der Waals surface area contributed by atoms with Gasteiger partial charge in [-0.1, -0.05) is 0 Å². The molecule has 2 rings (SSSR count). The number of hydrogen-bond acceptors (Lipinski definition) is 4. The van der Waals surface area contributed by atoms with Gasteiger partial charge in [0, 0.05) is 25.9 Å². The lowest BCUT2D eigenvalue weighted by Gasteiger charge is -2.22. The van der Waals surface area contributed by atoms with Gasteiger partial charge < -0.3 is 18.9 Å². The minimum atomic E-state index is -0.366. The van der Waals surface area contributed by atoms with Crippen LogP contribution >= 0.6 is 0 Å². The van der Waals surface area contributed by atoms with Gasteiger partial charge in [0.05, 0.1) is 19.8 Å². The molecule has 0 amide bonds. The molecule has 2 saturated heterocycles. The smallest absolute Gasteiger partial charge is 0.165 e. The quantitative estimate of drug-likeness (QED) is 0.534. The Balaban J connectivity index is 1.42. The molecule has 2 heterocycles. The molecular formula is C17H28O4. The molecule has 0 aromatic rings. The summed E-state index contributed by atoms with van der Waals surface area (Å²) in [5, 5.41) is 0. The zero-order chi connectivity index (χ0) is 14.8. The zero-order valence-electron chi connectivity index (χ0n) is 13.2. The van der Waals surface area contributed by atoms with Crippen molar-refractivity contribution in [2.75, 3.05) is 26.4 Å². The van der Waals surface area contributed by atoms with Crippen molar-refractivity contribution in [1.82, 2.24) is 0 Å². The molecule has 2 aliphatic heterocycles. The first-order valence-corrected chi connectivity index (χ1v) is 8.25. The highest BCUT2D eigenvalue weighted by Gasteiger charge is 2.29. The maximum Gasteiger partial charge on any atom is 0.165 e. The molecule has 120 valence electrons. The van der Waals surface area contributed by atoms with Crippen LogP contribution in [-0.2, 0) is 18.9 Å². The molecule has 0 unspecified atom stereocenters. The third kappa shape index (κ3) is 6.80. The maximum atomic E-state index is 5.67. The molecule has 4 heteroatoms. The molecule has 4 nitrogen and oxygen atoms in total. The first-order valence-electron chi connectivity index (χ1n) is 8.25. The van der Waals surface area contributed by atoms with E-state index in [-0.39, 0.29) is 12.1 Å². The molecule has 1 atom stereocenters. The Morgan fingerprint density at radius 1 is 1.05 bits per heavy atom. The molecule has 0 aromatic heterocycles. The summed E-state index contributed by atoms with van der Waals surface area (Å²) in [5.41, 5.74) is 0.